The van der Waals surface area contributed by atoms with Gasteiger partial charge in [0.2, 0.25) is 33.6 Å². The lowest BCUT2D eigenvalue weighted by Crippen LogP contribution is -2.31. The van der Waals surface area contributed by atoms with Crippen LogP contribution >= 0.6 is 0 Å². The minimum Gasteiger partial charge on any atom is -0.481 e. The number of methoxy groups -OCH3 is 3. The van der Waals surface area contributed by atoms with E-state index < -0.39 is 21.2 Å². The molecule has 0 aliphatic rings. The minimum absolute atomic E-state index is 0.0950. The largest absolute Gasteiger partial charge is 0.481 e. The van der Waals surface area contributed by atoms with E-state index in [4.69, 9.17) is 14.2 Å². The first-order valence-electron chi connectivity index (χ1n) is 11.4. The molecular formula is C23H27N9O5S. The molecule has 0 radical (unpaired) electrons. The van der Waals surface area contributed by atoms with Gasteiger partial charge in [-0.3, -0.25) is 14.7 Å². The molecule has 0 aromatic carbocycles. The van der Waals surface area contributed by atoms with Crippen LogP contribution in [0.25, 0.3) is 17.2 Å². The molecular weight excluding hydrogens is 514 g/mol. The van der Waals surface area contributed by atoms with Gasteiger partial charge in [0, 0.05) is 24.4 Å². The highest BCUT2D eigenvalue weighted by atomic mass is 32.2. The Balaban J connectivity index is 1.84. The predicted octanol–water partition coefficient (Wildman–Crippen LogP) is 2.18. The predicted molar refractivity (Wildman–Crippen MR) is 137 cm³/mol. The van der Waals surface area contributed by atoms with Gasteiger partial charge in [-0.25, -0.2) is 18.0 Å². The Labute approximate surface area is 219 Å². The topological polar surface area (TPSA) is 169 Å². The summed E-state index contributed by atoms with van der Waals surface area (Å²) in [4.78, 5) is 21.3. The van der Waals surface area contributed by atoms with Crippen molar-refractivity contribution in [2.45, 2.75) is 31.9 Å². The fourth-order valence-corrected chi connectivity index (χ4v) is 4.84. The lowest BCUT2D eigenvalue weighted by Gasteiger charge is -2.21. The molecule has 0 saturated carbocycles. The summed E-state index contributed by atoms with van der Waals surface area (Å²) in [6.45, 7) is 5.14. The van der Waals surface area contributed by atoms with E-state index in [0.717, 1.165) is 5.69 Å². The first kappa shape index (κ1) is 26.7. The SMILES string of the molecule is COc1cccc(-c2nnc(NS(=O)(=O)[C@@H](C)[C@H](C)c3cnc(C)cn3)n2-c2c(OC)ncnc2OC)n1. The van der Waals surface area contributed by atoms with Crippen LogP contribution in [-0.4, -0.2) is 74.7 Å². The number of ether oxygens (including phenoxy) is 3. The zero-order valence-electron chi connectivity index (χ0n) is 21.6. The highest BCUT2D eigenvalue weighted by molar-refractivity contribution is 7.93. The van der Waals surface area contributed by atoms with Crippen LogP contribution in [0.3, 0.4) is 0 Å². The summed E-state index contributed by atoms with van der Waals surface area (Å²) >= 11 is 0. The fraction of sp³-hybridized carbons (Fsp3) is 0.348. The van der Waals surface area contributed by atoms with Crippen molar-refractivity contribution in [3.8, 4) is 34.8 Å². The van der Waals surface area contributed by atoms with Crippen molar-refractivity contribution >= 4 is 16.0 Å². The molecule has 4 aromatic rings. The molecule has 0 spiro atoms. The van der Waals surface area contributed by atoms with Gasteiger partial charge in [-0.15, -0.1) is 10.2 Å². The van der Waals surface area contributed by atoms with Crippen molar-refractivity contribution in [2.75, 3.05) is 26.1 Å². The average Bonchev–Trinajstić information content (AvgIpc) is 3.34. The van der Waals surface area contributed by atoms with E-state index in [9.17, 15) is 8.42 Å². The molecule has 0 bridgehead atoms. The van der Waals surface area contributed by atoms with Crippen LogP contribution in [0.1, 0.15) is 31.2 Å². The number of aromatic nitrogens is 8. The number of nitrogens with zero attached hydrogens (tertiary/aromatic N) is 8. The number of anilines is 1. The van der Waals surface area contributed by atoms with Crippen molar-refractivity contribution in [3.63, 3.8) is 0 Å². The standard InChI is InChI=1S/C23H27N9O5S/c1-13-10-25-17(11-24-13)14(2)15(3)38(33,34)31-23-30-29-20(16-8-7-9-18(28-16)35-4)32(23)19-21(36-5)26-12-27-22(19)37-6/h7-12,14-15H,1-6H3,(H,30,31)/t14-,15-/m0/s1. The number of sulfonamides is 1. The van der Waals surface area contributed by atoms with Gasteiger partial charge in [0.25, 0.3) is 0 Å². The molecule has 0 fully saturated rings. The lowest BCUT2D eigenvalue weighted by atomic mass is 10.1. The van der Waals surface area contributed by atoms with Gasteiger partial charge in [0.1, 0.15) is 12.0 Å². The molecule has 14 nitrogen and oxygen atoms in total. The zero-order valence-corrected chi connectivity index (χ0v) is 22.5. The molecule has 0 aliphatic heterocycles. The zero-order chi connectivity index (χ0) is 27.4. The summed E-state index contributed by atoms with van der Waals surface area (Å²) in [5.41, 5.74) is 1.78. The molecule has 15 heteroatoms. The molecule has 0 unspecified atom stereocenters. The summed E-state index contributed by atoms with van der Waals surface area (Å²) in [6, 6.07) is 5.05. The molecule has 1 N–H and O–H groups in total. The summed E-state index contributed by atoms with van der Waals surface area (Å²) in [5.74, 6) is 0.0445. The summed E-state index contributed by atoms with van der Waals surface area (Å²) in [5, 5.41) is 7.44. The maximum atomic E-state index is 13.6. The van der Waals surface area contributed by atoms with Gasteiger partial charge in [-0.05, 0) is 19.9 Å². The highest BCUT2D eigenvalue weighted by Crippen LogP contribution is 2.35. The van der Waals surface area contributed by atoms with Crippen LogP contribution in [0.4, 0.5) is 5.95 Å². The third-order valence-electron chi connectivity index (χ3n) is 5.88. The Morgan fingerprint density at radius 3 is 2.24 bits per heavy atom. The van der Waals surface area contributed by atoms with Crippen LogP contribution in [0.2, 0.25) is 0 Å². The van der Waals surface area contributed by atoms with Crippen LogP contribution in [-0.2, 0) is 10.0 Å². The fourth-order valence-electron chi connectivity index (χ4n) is 3.59. The van der Waals surface area contributed by atoms with Crippen molar-refractivity contribution < 1.29 is 22.6 Å². The smallest absolute Gasteiger partial charge is 0.245 e. The molecule has 0 amide bonds. The van der Waals surface area contributed by atoms with E-state index in [0.29, 0.717) is 17.3 Å². The minimum atomic E-state index is -4.03. The third-order valence-corrected chi connectivity index (χ3v) is 7.74. The van der Waals surface area contributed by atoms with Crippen molar-refractivity contribution in [2.24, 2.45) is 0 Å². The number of nitrogens with one attached hydrogen (secondary N) is 1. The second-order valence-corrected chi connectivity index (χ2v) is 10.2. The number of aryl methyl sites for hydroxylation is 1. The molecule has 2 atom stereocenters. The molecule has 4 heterocycles. The number of hydrogen-bond donors (Lipinski definition) is 1. The molecule has 4 aromatic heterocycles. The van der Waals surface area contributed by atoms with Crippen LogP contribution in [0.15, 0.2) is 36.9 Å². The van der Waals surface area contributed by atoms with Gasteiger partial charge in [0.15, 0.2) is 11.5 Å². The van der Waals surface area contributed by atoms with Crippen LogP contribution in [0, 0.1) is 6.92 Å². The normalized spacial score (nSPS) is 13.0. The van der Waals surface area contributed by atoms with Gasteiger partial charge >= 0.3 is 0 Å². The number of pyridine rings is 1. The van der Waals surface area contributed by atoms with Crippen molar-refractivity contribution in [3.05, 3.63) is 48.3 Å². The third kappa shape index (κ3) is 5.18. The van der Waals surface area contributed by atoms with Crippen molar-refractivity contribution in [1.82, 2.24) is 39.7 Å². The van der Waals surface area contributed by atoms with E-state index >= 15 is 0 Å². The maximum Gasteiger partial charge on any atom is 0.245 e. The summed E-state index contributed by atoms with van der Waals surface area (Å²) in [6.07, 6.45) is 4.42. The lowest BCUT2D eigenvalue weighted by molar-refractivity contribution is 0.368. The number of rotatable bonds is 10. The van der Waals surface area contributed by atoms with Gasteiger partial charge < -0.3 is 14.2 Å². The van der Waals surface area contributed by atoms with Crippen LogP contribution in [0.5, 0.6) is 17.6 Å². The van der Waals surface area contributed by atoms with E-state index in [1.165, 1.54) is 32.2 Å². The Morgan fingerprint density at radius 2 is 1.63 bits per heavy atom. The molecule has 0 saturated heterocycles. The molecule has 200 valence electrons. The Hall–Kier alpha value is -4.40. The Bertz CT molecular complexity index is 1500. The summed E-state index contributed by atoms with van der Waals surface area (Å²) < 4.78 is 47.2. The first-order chi connectivity index (χ1) is 18.2. The maximum absolute atomic E-state index is 13.6. The Kier molecular flexibility index (Phi) is 7.66. The van der Waals surface area contributed by atoms with E-state index in [1.807, 2.05) is 0 Å². The summed E-state index contributed by atoms with van der Waals surface area (Å²) in [7, 11) is 0.274. The average molecular weight is 542 g/mol. The van der Waals surface area contributed by atoms with Gasteiger partial charge in [-0.2, -0.15) is 9.97 Å². The van der Waals surface area contributed by atoms with Gasteiger partial charge in [-0.1, -0.05) is 13.0 Å². The van der Waals surface area contributed by atoms with E-state index in [-0.39, 0.29) is 29.2 Å². The first-order valence-corrected chi connectivity index (χ1v) is 12.9. The second-order valence-electron chi connectivity index (χ2n) is 8.21. The quantitative estimate of drug-likeness (QED) is 0.311. The van der Waals surface area contributed by atoms with Crippen molar-refractivity contribution in [1.29, 1.82) is 0 Å². The molecule has 4 rings (SSSR count). The Morgan fingerprint density at radius 1 is 0.921 bits per heavy atom. The van der Waals surface area contributed by atoms with E-state index in [1.54, 1.807) is 51.4 Å². The van der Waals surface area contributed by atoms with E-state index in [2.05, 4.69) is 39.8 Å². The van der Waals surface area contributed by atoms with Crippen LogP contribution < -0.4 is 18.9 Å². The number of hydrogen-bond acceptors (Lipinski definition) is 12. The highest BCUT2D eigenvalue weighted by Gasteiger charge is 2.32. The second kappa shape index (κ2) is 10.9. The van der Waals surface area contributed by atoms with Gasteiger partial charge in [0.05, 0.1) is 38.0 Å². The molecule has 38 heavy (non-hydrogen) atoms. The monoisotopic (exact) mass is 541 g/mol. The molecule has 0 aliphatic carbocycles.